The monoisotopic (exact) mass is 433 g/mol. The van der Waals surface area contributed by atoms with E-state index in [2.05, 4.69) is 10.1 Å². The number of carbonyl (C=O) groups is 1. The average Bonchev–Trinajstić information content (AvgIpc) is 3.59. The molecule has 1 saturated heterocycles. The highest BCUT2D eigenvalue weighted by molar-refractivity contribution is 5.77. The highest BCUT2D eigenvalue weighted by Gasteiger charge is 2.27. The fraction of sp³-hybridized carbons (Fsp3) is 0.360. The highest BCUT2D eigenvalue weighted by atomic mass is 16.7. The summed E-state index contributed by atoms with van der Waals surface area (Å²) in [4.78, 5) is 17.1. The van der Waals surface area contributed by atoms with Crippen molar-refractivity contribution in [3.05, 3.63) is 59.7 Å². The van der Waals surface area contributed by atoms with Crippen molar-refractivity contribution >= 4 is 11.8 Å². The summed E-state index contributed by atoms with van der Waals surface area (Å²) in [5, 5.41) is 4.43. The second-order valence-electron chi connectivity index (χ2n) is 8.17. The van der Waals surface area contributed by atoms with Gasteiger partial charge < -0.3 is 23.8 Å². The number of amides is 1. The molecule has 32 heavy (non-hydrogen) atoms. The molecular formula is C25H27N3O4. The number of aromatic nitrogens is 1. The molecule has 0 aliphatic carbocycles. The Labute approximate surface area is 187 Å². The van der Waals surface area contributed by atoms with Gasteiger partial charge in [0.15, 0.2) is 11.5 Å². The zero-order valence-corrected chi connectivity index (χ0v) is 18.3. The van der Waals surface area contributed by atoms with Crippen LogP contribution in [0.3, 0.4) is 0 Å². The van der Waals surface area contributed by atoms with E-state index in [9.17, 15) is 4.79 Å². The third-order valence-electron chi connectivity index (χ3n) is 6.02. The predicted molar refractivity (Wildman–Crippen MR) is 120 cm³/mol. The van der Waals surface area contributed by atoms with Crippen molar-refractivity contribution in [3.63, 3.8) is 0 Å². The summed E-state index contributed by atoms with van der Waals surface area (Å²) < 4.78 is 16.8. The van der Waals surface area contributed by atoms with Crippen molar-refractivity contribution in [1.29, 1.82) is 0 Å². The molecule has 7 heteroatoms. The molecule has 0 unspecified atom stereocenters. The lowest BCUT2D eigenvalue weighted by atomic mass is 10.1. The van der Waals surface area contributed by atoms with Crippen LogP contribution in [0.4, 0.5) is 5.88 Å². The van der Waals surface area contributed by atoms with Crippen LogP contribution in [0.2, 0.25) is 0 Å². The minimum Gasteiger partial charge on any atom is -0.454 e. The molecule has 1 aromatic heterocycles. The van der Waals surface area contributed by atoms with Crippen molar-refractivity contribution in [2.24, 2.45) is 0 Å². The number of nitrogens with zero attached hydrogens (tertiary/aromatic N) is 3. The Kier molecular flexibility index (Phi) is 5.71. The summed E-state index contributed by atoms with van der Waals surface area (Å²) in [6, 6.07) is 15.9. The second-order valence-corrected chi connectivity index (χ2v) is 8.17. The number of rotatable bonds is 7. The number of anilines is 1. The van der Waals surface area contributed by atoms with Crippen LogP contribution in [-0.4, -0.2) is 35.8 Å². The van der Waals surface area contributed by atoms with Crippen molar-refractivity contribution in [2.75, 3.05) is 24.8 Å². The molecule has 0 spiro atoms. The minimum atomic E-state index is 0.0789. The van der Waals surface area contributed by atoms with Gasteiger partial charge in [-0.2, -0.15) is 0 Å². The number of benzene rings is 2. The summed E-state index contributed by atoms with van der Waals surface area (Å²) in [6.07, 6.45) is 2.70. The molecular weight excluding hydrogens is 406 g/mol. The van der Waals surface area contributed by atoms with Gasteiger partial charge in [-0.25, -0.2) is 0 Å². The van der Waals surface area contributed by atoms with Gasteiger partial charge in [0.25, 0.3) is 0 Å². The van der Waals surface area contributed by atoms with E-state index in [1.807, 2.05) is 60.4 Å². The molecule has 2 aliphatic rings. The molecule has 2 aromatic carbocycles. The maximum atomic E-state index is 13.0. The van der Waals surface area contributed by atoms with Gasteiger partial charge in [-0.15, -0.1) is 0 Å². The molecule has 2 aliphatic heterocycles. The maximum Gasteiger partial charge on any atom is 0.232 e. The van der Waals surface area contributed by atoms with Crippen LogP contribution in [0, 0.1) is 0 Å². The van der Waals surface area contributed by atoms with Crippen LogP contribution in [0.15, 0.2) is 53.1 Å². The molecule has 7 nitrogen and oxygen atoms in total. The van der Waals surface area contributed by atoms with Gasteiger partial charge in [0, 0.05) is 31.6 Å². The Hall–Kier alpha value is -3.48. The Balaban J connectivity index is 1.48. The molecule has 0 saturated carbocycles. The van der Waals surface area contributed by atoms with E-state index in [1.54, 1.807) is 0 Å². The number of hydrogen-bond donors (Lipinski definition) is 0. The Morgan fingerprint density at radius 3 is 2.59 bits per heavy atom. The second kappa shape index (κ2) is 8.94. The zero-order valence-electron chi connectivity index (χ0n) is 18.3. The predicted octanol–water partition coefficient (Wildman–Crippen LogP) is 4.61. The van der Waals surface area contributed by atoms with Crippen LogP contribution in [0.25, 0.3) is 11.3 Å². The molecule has 3 heterocycles. The Morgan fingerprint density at radius 1 is 1.03 bits per heavy atom. The molecule has 3 aromatic rings. The zero-order chi connectivity index (χ0) is 21.9. The number of fused-ring (bicyclic) bond motifs is 1. The first-order chi connectivity index (χ1) is 15.7. The fourth-order valence-electron chi connectivity index (χ4n) is 4.34. The summed E-state index contributed by atoms with van der Waals surface area (Å²) in [5.74, 6) is 2.32. The van der Waals surface area contributed by atoms with Gasteiger partial charge >= 0.3 is 0 Å². The normalized spacial score (nSPS) is 14.7. The van der Waals surface area contributed by atoms with Gasteiger partial charge in [-0.3, -0.25) is 4.79 Å². The van der Waals surface area contributed by atoms with Crippen molar-refractivity contribution in [1.82, 2.24) is 10.1 Å². The first-order valence-corrected chi connectivity index (χ1v) is 11.2. The summed E-state index contributed by atoms with van der Waals surface area (Å²) in [5.41, 5.74) is 3.74. The molecule has 166 valence electrons. The van der Waals surface area contributed by atoms with E-state index < -0.39 is 0 Å². The molecule has 0 radical (unpaired) electrons. The van der Waals surface area contributed by atoms with Crippen molar-refractivity contribution in [3.8, 4) is 22.8 Å². The third kappa shape index (κ3) is 4.02. The summed E-state index contributed by atoms with van der Waals surface area (Å²) >= 11 is 0. The van der Waals surface area contributed by atoms with Gasteiger partial charge in [0.2, 0.25) is 18.6 Å². The first-order valence-electron chi connectivity index (χ1n) is 11.2. The van der Waals surface area contributed by atoms with Gasteiger partial charge in [-0.05, 0) is 30.5 Å². The van der Waals surface area contributed by atoms with E-state index in [0.29, 0.717) is 19.5 Å². The smallest absolute Gasteiger partial charge is 0.232 e. The SMILES string of the molecule is CCC(=O)N(Cc1ccc2c(c1)OCO2)Cc1c(-c2ccccc2)noc1N1CCCC1. The minimum absolute atomic E-state index is 0.0789. The Bertz CT molecular complexity index is 1090. The van der Waals surface area contributed by atoms with Gasteiger partial charge in [0.05, 0.1) is 12.1 Å². The van der Waals surface area contributed by atoms with Crippen LogP contribution in [-0.2, 0) is 17.9 Å². The molecule has 0 atom stereocenters. The van der Waals surface area contributed by atoms with Crippen LogP contribution in [0.1, 0.15) is 37.3 Å². The molecule has 0 N–H and O–H groups in total. The quantitative estimate of drug-likeness (QED) is 0.542. The van der Waals surface area contributed by atoms with E-state index in [0.717, 1.165) is 65.7 Å². The molecule has 0 bridgehead atoms. The maximum absolute atomic E-state index is 13.0. The van der Waals surface area contributed by atoms with E-state index in [1.165, 1.54) is 0 Å². The summed E-state index contributed by atoms with van der Waals surface area (Å²) in [6.45, 7) is 4.92. The van der Waals surface area contributed by atoms with Crippen LogP contribution < -0.4 is 14.4 Å². The van der Waals surface area contributed by atoms with Crippen LogP contribution >= 0.6 is 0 Å². The lowest BCUT2D eigenvalue weighted by Gasteiger charge is -2.24. The van der Waals surface area contributed by atoms with Gasteiger partial charge in [-0.1, -0.05) is 48.5 Å². The fourth-order valence-corrected chi connectivity index (χ4v) is 4.34. The Morgan fingerprint density at radius 2 is 1.81 bits per heavy atom. The largest absolute Gasteiger partial charge is 0.454 e. The number of hydrogen-bond acceptors (Lipinski definition) is 6. The lowest BCUT2D eigenvalue weighted by Crippen LogP contribution is -2.30. The topological polar surface area (TPSA) is 68.0 Å². The van der Waals surface area contributed by atoms with Gasteiger partial charge in [0.1, 0.15) is 5.69 Å². The van der Waals surface area contributed by atoms with E-state index in [-0.39, 0.29) is 12.7 Å². The van der Waals surface area contributed by atoms with Crippen LogP contribution in [0.5, 0.6) is 11.5 Å². The number of ether oxygens (including phenoxy) is 2. The van der Waals surface area contributed by atoms with E-state index >= 15 is 0 Å². The third-order valence-corrected chi connectivity index (χ3v) is 6.02. The van der Waals surface area contributed by atoms with E-state index in [4.69, 9.17) is 14.0 Å². The highest BCUT2D eigenvalue weighted by Crippen LogP contribution is 2.36. The summed E-state index contributed by atoms with van der Waals surface area (Å²) in [7, 11) is 0. The standard InChI is InChI=1S/C25H27N3O4/c1-2-23(29)28(15-18-10-11-21-22(14-18)31-17-30-21)16-20-24(19-8-4-3-5-9-19)26-32-25(20)27-12-6-7-13-27/h3-5,8-11,14H,2,6-7,12-13,15-17H2,1H3. The first kappa shape index (κ1) is 20.4. The molecule has 5 rings (SSSR count). The lowest BCUT2D eigenvalue weighted by molar-refractivity contribution is -0.132. The molecule has 1 amide bonds. The average molecular weight is 434 g/mol. The molecule has 1 fully saturated rings. The van der Waals surface area contributed by atoms with Crippen molar-refractivity contribution in [2.45, 2.75) is 39.3 Å². The number of carbonyl (C=O) groups excluding carboxylic acids is 1. The van der Waals surface area contributed by atoms with Crippen molar-refractivity contribution < 1.29 is 18.8 Å².